The number of thioether (sulfide) groups is 1. The van der Waals surface area contributed by atoms with Crippen molar-refractivity contribution in [3.05, 3.63) is 33.5 Å². The van der Waals surface area contributed by atoms with Crippen molar-refractivity contribution < 1.29 is 0 Å². The van der Waals surface area contributed by atoms with Crippen molar-refractivity contribution in [2.24, 2.45) is 0 Å². The molecule has 2 N–H and O–H groups in total. The smallest absolute Gasteiger partial charge is 0.0992 e. The van der Waals surface area contributed by atoms with Gasteiger partial charge in [-0.1, -0.05) is 64.3 Å². The summed E-state index contributed by atoms with van der Waals surface area (Å²) in [7, 11) is 0. The van der Waals surface area contributed by atoms with E-state index in [1.807, 2.05) is 38.6 Å². The molecule has 1 rings (SSSR count). The molecule has 0 aliphatic carbocycles. The fourth-order valence-electron chi connectivity index (χ4n) is 2.84. The maximum atomic E-state index is 6.42. The van der Waals surface area contributed by atoms with Gasteiger partial charge in [0.15, 0.2) is 0 Å². The maximum Gasteiger partial charge on any atom is 0.0992 e. The Bertz CT molecular complexity index is 455. The highest BCUT2D eigenvalue weighted by molar-refractivity contribution is 8.03. The van der Waals surface area contributed by atoms with Crippen LogP contribution in [0.25, 0.3) is 0 Å². The molecule has 1 heterocycles. The van der Waals surface area contributed by atoms with Crippen molar-refractivity contribution in [1.29, 1.82) is 0 Å². The van der Waals surface area contributed by atoms with Gasteiger partial charge in [0.1, 0.15) is 0 Å². The lowest BCUT2D eigenvalue weighted by atomic mass is 10.1. The van der Waals surface area contributed by atoms with Gasteiger partial charge in [0.2, 0.25) is 0 Å². The molecule has 0 aromatic rings. The zero-order chi connectivity index (χ0) is 19.8. The van der Waals surface area contributed by atoms with Gasteiger partial charge in [0, 0.05) is 17.3 Å². The molecule has 4 heteroatoms. The molecule has 0 aromatic carbocycles. The summed E-state index contributed by atoms with van der Waals surface area (Å²) in [4.78, 5) is 1.52. The van der Waals surface area contributed by atoms with Crippen LogP contribution in [-0.2, 0) is 0 Å². The normalized spacial score (nSPS) is 16.6. The zero-order valence-corrected chi connectivity index (χ0v) is 19.5. The van der Waals surface area contributed by atoms with Crippen LogP contribution in [0, 0.1) is 0 Å². The van der Waals surface area contributed by atoms with E-state index in [2.05, 4.69) is 37.5 Å². The Balaban J connectivity index is 0.00000301. The van der Waals surface area contributed by atoms with Gasteiger partial charge in [0.25, 0.3) is 0 Å². The SMILES string of the molecule is C/C=C(\CCCC)SCC1=C(NC(CCC)/C(Cl)=C\C)NCCC1.CC. The van der Waals surface area contributed by atoms with Gasteiger partial charge in [0.05, 0.1) is 11.9 Å². The highest BCUT2D eigenvalue weighted by Crippen LogP contribution is 2.27. The molecule has 1 atom stereocenters. The molecule has 1 aliphatic heterocycles. The molecule has 0 radical (unpaired) electrons. The molecule has 0 amide bonds. The van der Waals surface area contributed by atoms with Gasteiger partial charge >= 0.3 is 0 Å². The van der Waals surface area contributed by atoms with Crippen molar-refractivity contribution in [2.45, 2.75) is 92.5 Å². The molecule has 152 valence electrons. The molecule has 1 unspecified atom stereocenters. The van der Waals surface area contributed by atoms with E-state index < -0.39 is 0 Å². The van der Waals surface area contributed by atoms with Crippen molar-refractivity contribution in [3.63, 3.8) is 0 Å². The fraction of sp³-hybridized carbons (Fsp3) is 0.727. The quantitative estimate of drug-likeness (QED) is 0.379. The molecule has 2 nitrogen and oxygen atoms in total. The topological polar surface area (TPSA) is 24.1 Å². The van der Waals surface area contributed by atoms with E-state index in [1.165, 1.54) is 48.4 Å². The van der Waals surface area contributed by atoms with E-state index in [9.17, 15) is 0 Å². The van der Waals surface area contributed by atoms with E-state index in [0.717, 1.165) is 30.2 Å². The third-order valence-corrected chi connectivity index (χ3v) is 6.13. The summed E-state index contributed by atoms with van der Waals surface area (Å²) < 4.78 is 0. The van der Waals surface area contributed by atoms with Crippen LogP contribution in [0.15, 0.2) is 33.5 Å². The summed E-state index contributed by atoms with van der Waals surface area (Å²) in [5.74, 6) is 2.29. The van der Waals surface area contributed by atoms with Crippen LogP contribution in [0.5, 0.6) is 0 Å². The molecule has 0 fully saturated rings. The Morgan fingerprint density at radius 3 is 2.54 bits per heavy atom. The van der Waals surface area contributed by atoms with Crippen LogP contribution >= 0.6 is 23.4 Å². The predicted octanol–water partition coefficient (Wildman–Crippen LogP) is 7.34. The summed E-state index contributed by atoms with van der Waals surface area (Å²) in [6.07, 6.45) is 12.6. The number of unbranched alkanes of at least 4 members (excludes halogenated alkanes) is 1. The molecular weight excluding hydrogens is 360 g/mol. The first-order valence-electron chi connectivity index (χ1n) is 10.5. The molecular formula is C22H41ClN2S. The largest absolute Gasteiger partial charge is 0.372 e. The lowest BCUT2D eigenvalue weighted by Gasteiger charge is -2.28. The Morgan fingerprint density at radius 2 is 1.96 bits per heavy atom. The monoisotopic (exact) mass is 400 g/mol. The average Bonchev–Trinajstić information content (AvgIpc) is 2.69. The second-order valence-electron chi connectivity index (χ2n) is 6.32. The van der Waals surface area contributed by atoms with Crippen molar-refractivity contribution in [3.8, 4) is 0 Å². The third-order valence-electron chi connectivity index (χ3n) is 4.35. The number of rotatable bonds is 11. The molecule has 0 spiro atoms. The van der Waals surface area contributed by atoms with Crippen LogP contribution < -0.4 is 10.6 Å². The number of hydrogen-bond acceptors (Lipinski definition) is 3. The van der Waals surface area contributed by atoms with E-state index in [-0.39, 0.29) is 6.04 Å². The molecule has 0 saturated heterocycles. The summed E-state index contributed by atoms with van der Waals surface area (Å²) in [6, 6.07) is 0.226. The Kier molecular flexibility index (Phi) is 16.3. The minimum atomic E-state index is 0.226. The molecule has 0 aromatic heterocycles. The summed E-state index contributed by atoms with van der Waals surface area (Å²) in [5.41, 5.74) is 1.50. The summed E-state index contributed by atoms with van der Waals surface area (Å²) >= 11 is 8.42. The minimum absolute atomic E-state index is 0.226. The number of halogens is 1. The first-order chi connectivity index (χ1) is 12.7. The standard InChI is InChI=1S/C20H35ClN2S.C2H6/c1-5-9-13-17(7-3)24-15-16-12-10-14-22-20(16)23-19(11-6-2)18(21)8-4;1-2/h7-8,19,22-23H,5-6,9-15H2,1-4H3;1-2H3/b17-7+,18-8+;. The van der Waals surface area contributed by atoms with Gasteiger partial charge < -0.3 is 10.6 Å². The number of nitrogens with one attached hydrogen (secondary N) is 2. The van der Waals surface area contributed by atoms with Gasteiger partial charge in [-0.2, -0.15) is 0 Å². The average molecular weight is 401 g/mol. The lowest BCUT2D eigenvalue weighted by molar-refractivity contribution is 0.531. The van der Waals surface area contributed by atoms with E-state index in [1.54, 1.807) is 0 Å². The highest BCUT2D eigenvalue weighted by atomic mass is 35.5. The van der Waals surface area contributed by atoms with Gasteiger partial charge in [-0.05, 0) is 56.4 Å². The summed E-state index contributed by atoms with van der Waals surface area (Å²) in [5, 5.41) is 8.17. The summed E-state index contributed by atoms with van der Waals surface area (Å²) in [6.45, 7) is 13.7. The molecule has 1 aliphatic rings. The van der Waals surface area contributed by atoms with Crippen LogP contribution in [-0.4, -0.2) is 18.3 Å². The highest BCUT2D eigenvalue weighted by Gasteiger charge is 2.18. The van der Waals surface area contributed by atoms with Gasteiger partial charge in [-0.3, -0.25) is 0 Å². The van der Waals surface area contributed by atoms with E-state index in [4.69, 9.17) is 11.6 Å². The fourth-order valence-corrected chi connectivity index (χ4v) is 4.10. The van der Waals surface area contributed by atoms with E-state index in [0.29, 0.717) is 0 Å². The van der Waals surface area contributed by atoms with Crippen molar-refractivity contribution in [1.82, 2.24) is 10.6 Å². The van der Waals surface area contributed by atoms with Gasteiger partial charge in [-0.25, -0.2) is 0 Å². The first kappa shape index (κ1) is 25.5. The Morgan fingerprint density at radius 1 is 1.23 bits per heavy atom. The first-order valence-corrected chi connectivity index (χ1v) is 11.8. The van der Waals surface area contributed by atoms with Crippen LogP contribution in [0.1, 0.15) is 86.5 Å². The molecule has 0 saturated carbocycles. The van der Waals surface area contributed by atoms with Gasteiger partial charge in [-0.15, -0.1) is 11.8 Å². The Labute approximate surface area is 172 Å². The molecule has 26 heavy (non-hydrogen) atoms. The lowest BCUT2D eigenvalue weighted by Crippen LogP contribution is -2.39. The second kappa shape index (κ2) is 16.6. The van der Waals surface area contributed by atoms with Crippen LogP contribution in [0.2, 0.25) is 0 Å². The minimum Gasteiger partial charge on any atom is -0.372 e. The van der Waals surface area contributed by atoms with E-state index >= 15 is 0 Å². The number of allylic oxidation sites excluding steroid dienone is 3. The van der Waals surface area contributed by atoms with Crippen molar-refractivity contribution in [2.75, 3.05) is 12.3 Å². The predicted molar refractivity (Wildman–Crippen MR) is 123 cm³/mol. The molecule has 0 bridgehead atoms. The second-order valence-corrected chi connectivity index (χ2v) is 7.85. The van der Waals surface area contributed by atoms with Crippen molar-refractivity contribution >= 4 is 23.4 Å². The zero-order valence-electron chi connectivity index (χ0n) is 17.9. The van der Waals surface area contributed by atoms with Crippen LogP contribution in [0.3, 0.4) is 0 Å². The maximum absolute atomic E-state index is 6.42. The Hall–Kier alpha value is -0.540. The number of hydrogen-bond donors (Lipinski definition) is 2. The third kappa shape index (κ3) is 9.97. The van der Waals surface area contributed by atoms with Crippen LogP contribution in [0.4, 0.5) is 0 Å².